The highest BCUT2D eigenvalue weighted by atomic mass is 35.5. The molecule has 4 heteroatoms. The van der Waals surface area contributed by atoms with Gasteiger partial charge in [-0.25, -0.2) is 4.98 Å². The molecule has 0 fully saturated rings. The highest BCUT2D eigenvalue weighted by Gasteiger charge is 2.08. The minimum absolute atomic E-state index is 0.504. The molecule has 3 aromatic rings. The third-order valence-electron chi connectivity index (χ3n) is 2.54. The molecule has 3 rings (SSSR count). The van der Waals surface area contributed by atoms with Crippen molar-refractivity contribution in [2.75, 3.05) is 5.73 Å². The second-order valence-corrected chi connectivity index (χ2v) is 4.13. The Morgan fingerprint density at radius 3 is 2.71 bits per heavy atom. The molecule has 0 aliphatic carbocycles. The van der Waals surface area contributed by atoms with Crippen molar-refractivity contribution in [1.29, 1.82) is 0 Å². The summed E-state index contributed by atoms with van der Waals surface area (Å²) in [6.07, 6.45) is 0. The molecule has 17 heavy (non-hydrogen) atoms. The predicted octanol–water partition coefficient (Wildman–Crippen LogP) is 3.73. The summed E-state index contributed by atoms with van der Waals surface area (Å²) >= 11 is 5.97. The van der Waals surface area contributed by atoms with Crippen LogP contribution in [0.2, 0.25) is 5.02 Å². The summed E-state index contributed by atoms with van der Waals surface area (Å²) in [5.41, 5.74) is 8.62. The Kier molecular flexibility index (Phi) is 2.27. The average molecular weight is 245 g/mol. The number of aromatic nitrogens is 1. The highest BCUT2D eigenvalue weighted by Crippen LogP contribution is 2.28. The van der Waals surface area contributed by atoms with Crippen LogP contribution in [0.4, 0.5) is 5.69 Å². The lowest BCUT2D eigenvalue weighted by molar-refractivity contribution is 0.620. The van der Waals surface area contributed by atoms with Gasteiger partial charge in [-0.2, -0.15) is 0 Å². The number of hydrogen-bond donors (Lipinski definition) is 1. The Bertz CT molecular complexity index is 658. The predicted molar refractivity (Wildman–Crippen MR) is 68.9 cm³/mol. The Labute approximate surface area is 103 Å². The minimum atomic E-state index is 0.504. The number of hydrogen-bond acceptors (Lipinski definition) is 3. The monoisotopic (exact) mass is 244 g/mol. The molecule has 0 unspecified atom stereocenters. The maximum atomic E-state index is 5.97. The zero-order valence-electron chi connectivity index (χ0n) is 8.85. The molecule has 0 amide bonds. The largest absolute Gasteiger partial charge is 0.436 e. The molecule has 0 bridgehead atoms. The quantitative estimate of drug-likeness (QED) is 0.664. The van der Waals surface area contributed by atoms with E-state index >= 15 is 0 Å². The molecule has 0 aliphatic heterocycles. The van der Waals surface area contributed by atoms with Gasteiger partial charge in [-0.1, -0.05) is 23.7 Å². The molecule has 0 radical (unpaired) electrons. The second-order valence-electron chi connectivity index (χ2n) is 3.72. The van der Waals surface area contributed by atoms with Crippen LogP contribution in [0.1, 0.15) is 0 Å². The molecule has 3 nitrogen and oxygen atoms in total. The van der Waals surface area contributed by atoms with Gasteiger partial charge in [0, 0.05) is 5.56 Å². The first-order chi connectivity index (χ1) is 8.24. The van der Waals surface area contributed by atoms with Crippen LogP contribution >= 0.6 is 11.6 Å². The third kappa shape index (κ3) is 1.74. The smallest absolute Gasteiger partial charge is 0.227 e. The number of nitrogen functional groups attached to an aromatic ring is 1. The molecule has 1 aromatic heterocycles. The van der Waals surface area contributed by atoms with Gasteiger partial charge < -0.3 is 10.2 Å². The van der Waals surface area contributed by atoms with Crippen molar-refractivity contribution in [1.82, 2.24) is 4.98 Å². The SMILES string of the molecule is Nc1ccc(-c2nc3ccccc3o2)cc1Cl. The van der Waals surface area contributed by atoms with Crippen LogP contribution in [0.25, 0.3) is 22.6 Å². The maximum Gasteiger partial charge on any atom is 0.227 e. The topological polar surface area (TPSA) is 52.0 Å². The zero-order chi connectivity index (χ0) is 11.8. The lowest BCUT2D eigenvalue weighted by Crippen LogP contribution is -1.86. The third-order valence-corrected chi connectivity index (χ3v) is 2.87. The number of nitrogens with zero attached hydrogens (tertiary/aromatic N) is 1. The number of fused-ring (bicyclic) bond motifs is 1. The van der Waals surface area contributed by atoms with Crippen LogP contribution < -0.4 is 5.73 Å². The fourth-order valence-corrected chi connectivity index (χ4v) is 1.84. The number of nitrogens with two attached hydrogens (primary N) is 1. The van der Waals surface area contributed by atoms with E-state index in [4.69, 9.17) is 21.8 Å². The Morgan fingerprint density at radius 2 is 1.94 bits per heavy atom. The Hall–Kier alpha value is -2.00. The van der Waals surface area contributed by atoms with Crippen LogP contribution in [-0.2, 0) is 0 Å². The summed E-state index contributed by atoms with van der Waals surface area (Å²) in [5.74, 6) is 0.549. The van der Waals surface area contributed by atoms with Gasteiger partial charge in [-0.15, -0.1) is 0 Å². The highest BCUT2D eigenvalue weighted by molar-refractivity contribution is 6.33. The van der Waals surface area contributed by atoms with E-state index < -0.39 is 0 Å². The van der Waals surface area contributed by atoms with E-state index in [1.807, 2.05) is 30.3 Å². The van der Waals surface area contributed by atoms with Gasteiger partial charge in [0.1, 0.15) is 5.52 Å². The molecule has 1 heterocycles. The summed E-state index contributed by atoms with van der Waals surface area (Å²) < 4.78 is 5.64. The van der Waals surface area contributed by atoms with Gasteiger partial charge in [0.25, 0.3) is 0 Å². The first-order valence-electron chi connectivity index (χ1n) is 5.15. The lowest BCUT2D eigenvalue weighted by atomic mass is 10.2. The first-order valence-corrected chi connectivity index (χ1v) is 5.53. The fourth-order valence-electron chi connectivity index (χ4n) is 1.66. The molecule has 0 saturated heterocycles. The van der Waals surface area contributed by atoms with Crippen LogP contribution in [0.5, 0.6) is 0 Å². The van der Waals surface area contributed by atoms with E-state index in [2.05, 4.69) is 4.98 Å². The van der Waals surface area contributed by atoms with Gasteiger partial charge in [-0.05, 0) is 30.3 Å². The Balaban J connectivity index is 2.17. The van der Waals surface area contributed by atoms with Crippen LogP contribution in [0.3, 0.4) is 0 Å². The van der Waals surface area contributed by atoms with Crippen molar-refractivity contribution in [2.24, 2.45) is 0 Å². The summed E-state index contributed by atoms with van der Waals surface area (Å²) in [6.45, 7) is 0. The van der Waals surface area contributed by atoms with Gasteiger partial charge in [0.15, 0.2) is 5.58 Å². The molecule has 0 spiro atoms. The molecule has 0 atom stereocenters. The van der Waals surface area contributed by atoms with Crippen molar-refractivity contribution in [3.05, 3.63) is 47.5 Å². The molecule has 2 aromatic carbocycles. The van der Waals surface area contributed by atoms with Crippen molar-refractivity contribution in [2.45, 2.75) is 0 Å². The van der Waals surface area contributed by atoms with Crippen molar-refractivity contribution < 1.29 is 4.42 Å². The number of para-hydroxylation sites is 2. The normalized spacial score (nSPS) is 10.9. The minimum Gasteiger partial charge on any atom is -0.436 e. The van der Waals surface area contributed by atoms with E-state index in [1.54, 1.807) is 12.1 Å². The van der Waals surface area contributed by atoms with Crippen LogP contribution in [-0.4, -0.2) is 4.98 Å². The van der Waals surface area contributed by atoms with E-state index in [-0.39, 0.29) is 0 Å². The summed E-state index contributed by atoms with van der Waals surface area (Å²) in [6, 6.07) is 12.9. The van der Waals surface area contributed by atoms with E-state index in [0.717, 1.165) is 16.7 Å². The molecule has 84 valence electrons. The summed E-state index contributed by atoms with van der Waals surface area (Å²) in [5, 5.41) is 0.504. The molecular formula is C13H9ClN2O. The summed E-state index contributed by atoms with van der Waals surface area (Å²) in [7, 11) is 0. The molecular weight excluding hydrogens is 236 g/mol. The van der Waals surface area contributed by atoms with Crippen LogP contribution in [0, 0.1) is 0 Å². The Morgan fingerprint density at radius 1 is 1.12 bits per heavy atom. The first kappa shape index (κ1) is 10.2. The zero-order valence-corrected chi connectivity index (χ0v) is 9.61. The van der Waals surface area contributed by atoms with Crippen LogP contribution in [0.15, 0.2) is 46.9 Å². The number of halogens is 1. The van der Waals surface area contributed by atoms with Gasteiger partial charge in [-0.3, -0.25) is 0 Å². The van der Waals surface area contributed by atoms with Gasteiger partial charge in [0.05, 0.1) is 10.7 Å². The molecule has 0 aliphatic rings. The van der Waals surface area contributed by atoms with E-state index in [9.17, 15) is 0 Å². The van der Waals surface area contributed by atoms with E-state index in [0.29, 0.717) is 16.6 Å². The van der Waals surface area contributed by atoms with Crippen molar-refractivity contribution >= 4 is 28.4 Å². The summed E-state index contributed by atoms with van der Waals surface area (Å²) in [4.78, 5) is 4.39. The molecule has 0 saturated carbocycles. The lowest BCUT2D eigenvalue weighted by Gasteiger charge is -1.99. The standard InChI is InChI=1S/C13H9ClN2O/c14-9-7-8(5-6-10(9)15)13-16-11-3-1-2-4-12(11)17-13/h1-7H,15H2. The molecule has 2 N–H and O–H groups in total. The number of oxazole rings is 1. The number of benzene rings is 2. The van der Waals surface area contributed by atoms with Crippen molar-refractivity contribution in [3.63, 3.8) is 0 Å². The number of anilines is 1. The van der Waals surface area contributed by atoms with Crippen molar-refractivity contribution in [3.8, 4) is 11.5 Å². The second kappa shape index (κ2) is 3.79. The van der Waals surface area contributed by atoms with E-state index in [1.165, 1.54) is 0 Å². The maximum absolute atomic E-state index is 5.97. The fraction of sp³-hybridized carbons (Fsp3) is 0. The van der Waals surface area contributed by atoms with Gasteiger partial charge in [0.2, 0.25) is 5.89 Å². The van der Waals surface area contributed by atoms with Gasteiger partial charge >= 0.3 is 0 Å². The average Bonchev–Trinajstić information content (AvgIpc) is 2.76. The number of rotatable bonds is 1.